The summed E-state index contributed by atoms with van der Waals surface area (Å²) in [5.74, 6) is -0.322. The highest BCUT2D eigenvalue weighted by molar-refractivity contribution is 5.73. The van der Waals surface area contributed by atoms with E-state index in [0.29, 0.717) is 12.2 Å². The highest BCUT2D eigenvalue weighted by atomic mass is 16.5. The van der Waals surface area contributed by atoms with E-state index < -0.39 is 12.0 Å². The van der Waals surface area contributed by atoms with Gasteiger partial charge in [0, 0.05) is 18.2 Å². The van der Waals surface area contributed by atoms with Gasteiger partial charge >= 0.3 is 5.97 Å². The first-order valence-corrected chi connectivity index (χ1v) is 5.76. The molecule has 2 rings (SSSR count). The molecule has 0 aliphatic rings. The topological polar surface area (TPSA) is 120 Å². The van der Waals surface area contributed by atoms with E-state index in [1.165, 1.54) is 0 Å². The van der Waals surface area contributed by atoms with Gasteiger partial charge in [0.15, 0.2) is 0 Å². The third kappa shape index (κ3) is 2.97. The van der Waals surface area contributed by atoms with Crippen LogP contribution in [0.15, 0.2) is 10.7 Å². The Bertz CT molecular complexity index is 569. The number of nitrogens with zero attached hydrogens (tertiary/aromatic N) is 4. The second kappa shape index (κ2) is 5.19. The molecule has 2 aromatic rings. The minimum absolute atomic E-state index is 0.150. The number of carbonyl (C=O) groups is 1. The van der Waals surface area contributed by atoms with Crippen molar-refractivity contribution in [2.24, 2.45) is 5.73 Å². The van der Waals surface area contributed by atoms with Crippen molar-refractivity contribution in [3.05, 3.63) is 28.9 Å². The van der Waals surface area contributed by atoms with Crippen molar-refractivity contribution in [1.82, 2.24) is 20.2 Å². The van der Waals surface area contributed by atoms with Gasteiger partial charge in [0.05, 0.1) is 17.9 Å². The minimum Gasteiger partial charge on any atom is -0.480 e. The van der Waals surface area contributed by atoms with Crippen LogP contribution in [0.2, 0.25) is 0 Å². The fourth-order valence-corrected chi connectivity index (χ4v) is 1.71. The number of aromatic nitrogens is 4. The van der Waals surface area contributed by atoms with Crippen LogP contribution in [0.1, 0.15) is 22.7 Å². The summed E-state index contributed by atoms with van der Waals surface area (Å²) in [4.78, 5) is 10.7. The zero-order valence-electron chi connectivity index (χ0n) is 10.7. The van der Waals surface area contributed by atoms with Crippen LogP contribution in [0, 0.1) is 13.8 Å². The molecule has 0 saturated heterocycles. The Morgan fingerprint density at radius 2 is 2.32 bits per heavy atom. The van der Waals surface area contributed by atoms with Gasteiger partial charge in [-0.1, -0.05) is 10.4 Å². The van der Waals surface area contributed by atoms with E-state index in [4.69, 9.17) is 15.4 Å². The summed E-state index contributed by atoms with van der Waals surface area (Å²) in [7, 11) is 0. The summed E-state index contributed by atoms with van der Waals surface area (Å²) in [6, 6.07) is -0.968. The maximum absolute atomic E-state index is 10.7. The summed E-state index contributed by atoms with van der Waals surface area (Å²) < 4.78 is 6.67. The molecule has 19 heavy (non-hydrogen) atoms. The molecule has 3 N–H and O–H groups in total. The van der Waals surface area contributed by atoms with Gasteiger partial charge in [0.1, 0.15) is 11.8 Å². The van der Waals surface area contributed by atoms with Crippen molar-refractivity contribution in [3.63, 3.8) is 0 Å². The highest BCUT2D eigenvalue weighted by Crippen LogP contribution is 2.13. The van der Waals surface area contributed by atoms with E-state index in [2.05, 4.69) is 15.5 Å². The molecule has 8 nitrogen and oxygen atoms in total. The SMILES string of the molecule is Cc1noc(C)c1Cn1cc(CC(N)C(=O)O)nn1. The van der Waals surface area contributed by atoms with Gasteiger partial charge in [-0.2, -0.15) is 0 Å². The zero-order chi connectivity index (χ0) is 14.0. The van der Waals surface area contributed by atoms with Crippen molar-refractivity contribution >= 4 is 5.97 Å². The van der Waals surface area contributed by atoms with Crippen molar-refractivity contribution in [2.75, 3.05) is 0 Å². The van der Waals surface area contributed by atoms with E-state index in [1.54, 1.807) is 10.9 Å². The first-order valence-electron chi connectivity index (χ1n) is 5.76. The lowest BCUT2D eigenvalue weighted by molar-refractivity contribution is -0.138. The maximum Gasteiger partial charge on any atom is 0.320 e. The summed E-state index contributed by atoms with van der Waals surface area (Å²) in [6.45, 7) is 4.16. The van der Waals surface area contributed by atoms with Crippen LogP contribution in [-0.4, -0.2) is 37.3 Å². The molecule has 0 aromatic carbocycles. The molecular formula is C11H15N5O3. The predicted octanol–water partition coefficient (Wildman–Crippen LogP) is -0.114. The van der Waals surface area contributed by atoms with Crippen molar-refractivity contribution in [2.45, 2.75) is 32.9 Å². The first-order chi connectivity index (χ1) is 8.97. The van der Waals surface area contributed by atoms with Crippen LogP contribution in [0.25, 0.3) is 0 Å². The van der Waals surface area contributed by atoms with Crippen LogP contribution in [0.3, 0.4) is 0 Å². The van der Waals surface area contributed by atoms with Crippen molar-refractivity contribution in [3.8, 4) is 0 Å². The number of hydrogen-bond acceptors (Lipinski definition) is 6. The molecule has 0 saturated carbocycles. The Hall–Kier alpha value is -2.22. The molecule has 1 unspecified atom stereocenters. The van der Waals surface area contributed by atoms with Gasteiger partial charge in [0.2, 0.25) is 0 Å². The zero-order valence-corrected chi connectivity index (χ0v) is 10.7. The summed E-state index contributed by atoms with van der Waals surface area (Å²) in [5.41, 5.74) is 7.73. The summed E-state index contributed by atoms with van der Waals surface area (Å²) in [6.07, 6.45) is 1.83. The molecule has 0 aliphatic carbocycles. The highest BCUT2D eigenvalue weighted by Gasteiger charge is 2.15. The molecule has 0 bridgehead atoms. The normalized spacial score (nSPS) is 12.6. The monoisotopic (exact) mass is 265 g/mol. The molecule has 2 heterocycles. The van der Waals surface area contributed by atoms with Gasteiger partial charge in [-0.15, -0.1) is 5.10 Å². The van der Waals surface area contributed by atoms with Crippen LogP contribution in [0.4, 0.5) is 0 Å². The molecule has 0 aliphatic heterocycles. The molecular weight excluding hydrogens is 250 g/mol. The predicted molar refractivity (Wildman–Crippen MR) is 64.4 cm³/mol. The second-order valence-corrected chi connectivity index (χ2v) is 4.36. The summed E-state index contributed by atoms with van der Waals surface area (Å²) in [5, 5.41) is 20.4. The van der Waals surface area contributed by atoms with E-state index in [1.807, 2.05) is 13.8 Å². The lowest BCUT2D eigenvalue weighted by Crippen LogP contribution is -2.32. The standard InChI is InChI=1S/C11H15N5O3/c1-6-9(7(2)19-14-6)5-16-4-8(13-15-16)3-10(12)11(17)18/h4,10H,3,5,12H2,1-2H3,(H,17,18). The Kier molecular flexibility index (Phi) is 3.61. The second-order valence-electron chi connectivity index (χ2n) is 4.36. The van der Waals surface area contributed by atoms with E-state index in [-0.39, 0.29) is 6.42 Å². The Morgan fingerprint density at radius 1 is 1.58 bits per heavy atom. The molecule has 8 heteroatoms. The van der Waals surface area contributed by atoms with Crippen LogP contribution >= 0.6 is 0 Å². The quantitative estimate of drug-likeness (QED) is 0.773. The third-order valence-electron chi connectivity index (χ3n) is 2.83. The van der Waals surface area contributed by atoms with Crippen molar-refractivity contribution < 1.29 is 14.4 Å². The largest absolute Gasteiger partial charge is 0.480 e. The lowest BCUT2D eigenvalue weighted by Gasteiger charge is -2.01. The van der Waals surface area contributed by atoms with E-state index >= 15 is 0 Å². The van der Waals surface area contributed by atoms with Crippen LogP contribution in [-0.2, 0) is 17.8 Å². The lowest BCUT2D eigenvalue weighted by atomic mass is 10.2. The molecule has 0 spiro atoms. The first kappa shape index (κ1) is 13.2. The number of aryl methyl sites for hydroxylation is 2. The Morgan fingerprint density at radius 3 is 2.89 bits per heavy atom. The van der Waals surface area contributed by atoms with Gasteiger partial charge in [0.25, 0.3) is 0 Å². The molecule has 0 fully saturated rings. The average molecular weight is 265 g/mol. The Labute approximate surface area is 109 Å². The number of rotatable bonds is 5. The maximum atomic E-state index is 10.7. The molecule has 0 radical (unpaired) electrons. The average Bonchev–Trinajstić information content (AvgIpc) is 2.91. The number of carboxylic acids is 1. The minimum atomic E-state index is -1.06. The molecule has 0 amide bonds. The summed E-state index contributed by atoms with van der Waals surface area (Å²) >= 11 is 0. The fourth-order valence-electron chi connectivity index (χ4n) is 1.71. The van der Waals surface area contributed by atoms with Crippen molar-refractivity contribution in [1.29, 1.82) is 0 Å². The van der Waals surface area contributed by atoms with Gasteiger partial charge in [-0.25, -0.2) is 4.68 Å². The Balaban J connectivity index is 2.08. The van der Waals surface area contributed by atoms with Crippen LogP contribution < -0.4 is 5.73 Å². The number of aliphatic carboxylic acids is 1. The van der Waals surface area contributed by atoms with Crippen LogP contribution in [0.5, 0.6) is 0 Å². The molecule has 1 atom stereocenters. The van der Waals surface area contributed by atoms with Gasteiger partial charge in [-0.05, 0) is 13.8 Å². The molecule has 102 valence electrons. The number of hydrogen-bond donors (Lipinski definition) is 2. The number of nitrogens with two attached hydrogens (primary N) is 1. The molecule has 2 aromatic heterocycles. The smallest absolute Gasteiger partial charge is 0.320 e. The van der Waals surface area contributed by atoms with E-state index in [0.717, 1.165) is 17.0 Å². The van der Waals surface area contributed by atoms with Gasteiger partial charge in [-0.3, -0.25) is 4.79 Å². The fraction of sp³-hybridized carbons (Fsp3) is 0.455. The van der Waals surface area contributed by atoms with E-state index in [9.17, 15) is 4.79 Å². The third-order valence-corrected chi connectivity index (χ3v) is 2.83. The number of carboxylic acid groups (broad SMARTS) is 1. The van der Waals surface area contributed by atoms with Gasteiger partial charge < -0.3 is 15.4 Å².